The topological polar surface area (TPSA) is 343 Å². The van der Waals surface area contributed by atoms with E-state index in [2.05, 4.69) is 54.3 Å². The van der Waals surface area contributed by atoms with E-state index in [-0.39, 0.29) is 46.8 Å². The zero-order valence-electron chi connectivity index (χ0n) is 24.7. The number of anilines is 4. The van der Waals surface area contributed by atoms with E-state index < -0.39 is 80.5 Å². The van der Waals surface area contributed by atoms with Gasteiger partial charge in [0.25, 0.3) is 20.2 Å². The quantitative estimate of drug-likeness (QED) is 0.0144. The number of aromatic nitrogens is 3. The molecule has 0 spiro atoms. The molecule has 272 valence electrons. The van der Waals surface area contributed by atoms with E-state index in [1.165, 1.54) is 0 Å². The Morgan fingerprint density at radius 1 is 0.765 bits per heavy atom. The molecule has 28 heteroatoms. The summed E-state index contributed by atoms with van der Waals surface area (Å²) >= 11 is 0.114. The Hall–Kier alpha value is -4.91. The van der Waals surface area contributed by atoms with Crippen LogP contribution in [0.2, 0.25) is 0 Å². The monoisotopic (exact) mass is 794 g/mol. The van der Waals surface area contributed by atoms with Crippen LogP contribution in [0.25, 0.3) is 0 Å². The molecule has 4 rings (SSSR count). The molecule has 22 nitrogen and oxygen atoms in total. The van der Waals surface area contributed by atoms with Crippen LogP contribution in [-0.2, 0) is 43.6 Å². The fraction of sp³-hybridized carbons (Fsp3) is 0.0870. The zero-order valence-corrected chi connectivity index (χ0v) is 28.0. The number of benzene rings is 2. The summed E-state index contributed by atoms with van der Waals surface area (Å²) in [5.74, 6) is -3.03. The number of nitrogens with two attached hydrogens (primary N) is 2. The first-order valence-corrected chi connectivity index (χ1v) is 18.2. The highest BCUT2D eigenvalue weighted by Crippen LogP contribution is 2.36. The lowest BCUT2D eigenvalue weighted by atomic mass is 10.3. The molecule has 0 unspecified atom stereocenters. The molecule has 4 aromatic rings. The van der Waals surface area contributed by atoms with Gasteiger partial charge in [-0.05, 0) is 36.4 Å². The van der Waals surface area contributed by atoms with Crippen LogP contribution in [-0.4, -0.2) is 66.9 Å². The van der Waals surface area contributed by atoms with Crippen LogP contribution in [0.15, 0.2) is 83.7 Å². The second-order valence-corrected chi connectivity index (χ2v) is 14.7. The van der Waals surface area contributed by atoms with Gasteiger partial charge in [-0.15, -0.1) is 24.8 Å². The summed E-state index contributed by atoms with van der Waals surface area (Å²) in [6, 6.07) is 7.25. The Balaban J connectivity index is 1.66. The average Bonchev–Trinajstić information content (AvgIpc) is 3.02. The van der Waals surface area contributed by atoms with Gasteiger partial charge in [-0.3, -0.25) is 13.3 Å². The number of pyridine rings is 1. The van der Waals surface area contributed by atoms with Crippen molar-refractivity contribution in [3.8, 4) is 0 Å². The van der Waals surface area contributed by atoms with Gasteiger partial charge < -0.3 is 16.8 Å². The zero-order chi connectivity index (χ0) is 37.6. The van der Waals surface area contributed by atoms with Gasteiger partial charge >= 0.3 is 6.08 Å². The second-order valence-electron chi connectivity index (χ2n) is 9.28. The molecule has 51 heavy (non-hydrogen) atoms. The van der Waals surface area contributed by atoms with Gasteiger partial charge in [0.15, 0.2) is 33.8 Å². The van der Waals surface area contributed by atoms with Crippen molar-refractivity contribution in [2.24, 2.45) is 20.5 Å². The Kier molecular flexibility index (Phi) is 12.2. The number of sulfone groups is 1. The molecule has 0 saturated carbocycles. The van der Waals surface area contributed by atoms with Crippen LogP contribution in [0, 0.1) is 12.0 Å². The van der Waals surface area contributed by atoms with Gasteiger partial charge in [0, 0.05) is 17.8 Å². The smallest absolute Gasteiger partial charge is 0.313 e. The highest BCUT2D eigenvalue weighted by atomic mass is 32.2. The number of azo groups is 2. The van der Waals surface area contributed by atoms with Crippen molar-refractivity contribution in [3.63, 3.8) is 0 Å². The minimum absolute atomic E-state index is 0.0183. The van der Waals surface area contributed by atoms with Crippen molar-refractivity contribution in [2.45, 2.75) is 14.7 Å². The normalized spacial score (nSPS) is 12.6. The summed E-state index contributed by atoms with van der Waals surface area (Å²) in [5, 5.41) is 28.9. The Morgan fingerprint density at radius 2 is 1.39 bits per heavy atom. The van der Waals surface area contributed by atoms with Crippen molar-refractivity contribution in [1.82, 2.24) is 15.0 Å². The Bertz CT molecular complexity index is 2330. The average molecular weight is 795 g/mol. The van der Waals surface area contributed by atoms with Gasteiger partial charge in [-0.2, -0.15) is 35.6 Å². The standard InChI is InChI=1S/C23H20F2N10O12S4/c24-19-10-20(30-23(25)29-19)28-11-1-4-17(50(39,40)41)14(7-11)33-35-16-9-15(21(26)31-22(16)27)34-32-13-3-2-12(8-18(13)51(42,43)44)49(37,38)6-5-45-48-47-46-36/h1-4,7-10,36H,5-6H2,(H4,26,27,31)(H,28,29,30)(H,39,40,41)(H,42,43,44)/b34-32+,35-33+. The highest BCUT2D eigenvalue weighted by Gasteiger charge is 2.23. The molecule has 0 saturated heterocycles. The number of nitrogens with one attached hydrogen (secondary N) is 1. The number of nitrogen functional groups attached to an aromatic ring is 2. The van der Waals surface area contributed by atoms with E-state index in [0.29, 0.717) is 6.07 Å². The maximum atomic E-state index is 13.5. The Labute approximate surface area is 289 Å². The van der Waals surface area contributed by atoms with Crippen LogP contribution in [0.5, 0.6) is 0 Å². The SMILES string of the molecule is Nc1nc(N)c(/N=N/c2ccc(S(=O)(=O)CCOSOOO)cc2S(=O)(=O)O)cc1/N=N/c1cc(Nc2cc(F)nc(F)n2)ccc1S(=O)(=O)O. The molecule has 0 aliphatic carbocycles. The van der Waals surface area contributed by atoms with Crippen molar-refractivity contribution in [3.05, 3.63) is 60.6 Å². The summed E-state index contributed by atoms with van der Waals surface area (Å²) in [6.45, 7) is -0.493. The van der Waals surface area contributed by atoms with E-state index in [0.717, 1.165) is 42.5 Å². The van der Waals surface area contributed by atoms with Crippen molar-refractivity contribution >= 4 is 88.3 Å². The number of halogens is 2. The van der Waals surface area contributed by atoms with E-state index in [9.17, 15) is 43.1 Å². The largest absolute Gasteiger partial charge is 0.382 e. The lowest BCUT2D eigenvalue weighted by Gasteiger charge is -2.09. The second kappa shape index (κ2) is 16.0. The number of nitrogens with zero attached hydrogens (tertiary/aromatic N) is 7. The molecule has 0 atom stereocenters. The van der Waals surface area contributed by atoms with Gasteiger partial charge in [0.2, 0.25) is 5.95 Å². The van der Waals surface area contributed by atoms with Crippen LogP contribution >= 0.6 is 12.3 Å². The lowest BCUT2D eigenvalue weighted by molar-refractivity contribution is -0.434. The summed E-state index contributed by atoms with van der Waals surface area (Å²) in [6.07, 6.45) is -1.40. The Morgan fingerprint density at radius 3 is 2.00 bits per heavy atom. The van der Waals surface area contributed by atoms with Crippen LogP contribution in [0.4, 0.5) is 54.7 Å². The molecular weight excluding hydrogens is 775 g/mol. The molecule has 0 bridgehead atoms. The molecule has 2 aromatic heterocycles. The van der Waals surface area contributed by atoms with E-state index >= 15 is 0 Å². The predicted molar refractivity (Wildman–Crippen MR) is 170 cm³/mol. The fourth-order valence-electron chi connectivity index (χ4n) is 3.70. The molecule has 0 aliphatic heterocycles. The minimum Gasteiger partial charge on any atom is -0.382 e. The first-order chi connectivity index (χ1) is 23.9. The predicted octanol–water partition coefficient (Wildman–Crippen LogP) is 4.16. The lowest BCUT2D eigenvalue weighted by Crippen LogP contribution is -2.12. The highest BCUT2D eigenvalue weighted by molar-refractivity contribution is 7.91. The summed E-state index contributed by atoms with van der Waals surface area (Å²) in [5.41, 5.74) is 9.98. The molecule has 0 aliphatic rings. The minimum atomic E-state index is -5.10. The van der Waals surface area contributed by atoms with Gasteiger partial charge in [0.1, 0.15) is 38.4 Å². The summed E-state index contributed by atoms with van der Waals surface area (Å²) < 4.78 is 128. The molecule has 0 amide bonds. The van der Waals surface area contributed by atoms with Crippen LogP contribution in [0.3, 0.4) is 0 Å². The maximum Gasteiger partial charge on any atom is 0.313 e. The molecular formula is C23H20F2N10O12S4. The number of hydrogen-bond donors (Lipinski definition) is 6. The molecule has 2 heterocycles. The summed E-state index contributed by atoms with van der Waals surface area (Å²) in [4.78, 5) is 7.73. The third-order valence-electron chi connectivity index (χ3n) is 5.86. The summed E-state index contributed by atoms with van der Waals surface area (Å²) in [7, 11) is -14.2. The third kappa shape index (κ3) is 10.5. The molecule has 2 aromatic carbocycles. The van der Waals surface area contributed by atoms with Crippen molar-refractivity contribution in [2.75, 3.05) is 29.1 Å². The van der Waals surface area contributed by atoms with Crippen LogP contribution in [0.1, 0.15) is 0 Å². The van der Waals surface area contributed by atoms with Crippen molar-refractivity contribution < 1.29 is 62.0 Å². The van der Waals surface area contributed by atoms with Gasteiger partial charge in [-0.1, -0.05) is 5.04 Å². The van der Waals surface area contributed by atoms with E-state index in [4.69, 9.17) is 16.7 Å². The molecule has 8 N–H and O–H groups in total. The van der Waals surface area contributed by atoms with Crippen molar-refractivity contribution in [1.29, 1.82) is 0 Å². The van der Waals surface area contributed by atoms with E-state index in [1.807, 2.05) is 0 Å². The first kappa shape index (κ1) is 38.9. The number of rotatable bonds is 15. The first-order valence-electron chi connectivity index (χ1n) is 13.0. The number of hydrogen-bond acceptors (Lipinski definition) is 21. The molecule has 0 radical (unpaired) electrons. The maximum absolute atomic E-state index is 13.5. The molecule has 0 fully saturated rings. The van der Waals surface area contributed by atoms with Gasteiger partial charge in [0.05, 0.1) is 17.3 Å². The van der Waals surface area contributed by atoms with Crippen LogP contribution < -0.4 is 16.8 Å². The third-order valence-corrected chi connectivity index (χ3v) is 9.70. The van der Waals surface area contributed by atoms with E-state index in [1.54, 1.807) is 0 Å². The van der Waals surface area contributed by atoms with Gasteiger partial charge in [-0.25, -0.2) is 18.7 Å². The fourth-order valence-corrected chi connectivity index (χ4v) is 6.46.